The molecule has 0 aromatic heterocycles. The van der Waals surface area contributed by atoms with Crippen LogP contribution >= 0.6 is 23.8 Å². The Bertz CT molecular complexity index is 434. The summed E-state index contributed by atoms with van der Waals surface area (Å²) in [6.07, 6.45) is 0. The summed E-state index contributed by atoms with van der Waals surface area (Å²) < 4.78 is 0. The van der Waals surface area contributed by atoms with Crippen LogP contribution in [0.5, 0.6) is 0 Å². The van der Waals surface area contributed by atoms with E-state index in [0.29, 0.717) is 10.7 Å². The Labute approximate surface area is 111 Å². The van der Waals surface area contributed by atoms with E-state index in [1.54, 1.807) is 24.3 Å². The number of hydrogen-bond donors (Lipinski definition) is 2. The van der Waals surface area contributed by atoms with Crippen molar-refractivity contribution in [2.24, 2.45) is 17.6 Å². The molecule has 5 heteroatoms. The monoisotopic (exact) mass is 270 g/mol. The molecule has 0 heterocycles. The van der Waals surface area contributed by atoms with Crippen LogP contribution in [0.1, 0.15) is 13.8 Å². The molecule has 17 heavy (non-hydrogen) atoms. The quantitative estimate of drug-likeness (QED) is 0.827. The summed E-state index contributed by atoms with van der Waals surface area (Å²) in [4.78, 5) is 12.2. The van der Waals surface area contributed by atoms with E-state index in [1.165, 1.54) is 0 Å². The number of carbonyl (C=O) groups excluding carboxylic acids is 1. The predicted octanol–water partition coefficient (Wildman–Crippen LogP) is 2.84. The maximum atomic E-state index is 12.0. The molecule has 0 aliphatic carbocycles. The average molecular weight is 271 g/mol. The third-order valence-corrected chi connectivity index (χ3v) is 2.84. The lowest BCUT2D eigenvalue weighted by atomic mass is 9.95. The topological polar surface area (TPSA) is 55.1 Å². The number of nitrogens with one attached hydrogen (secondary N) is 1. The number of thiocarbonyl (C=S) groups is 1. The standard InChI is InChI=1S/C12H15ClN2OS/c1-7(2)10(11(14)17)12(16)15-9-5-3-4-8(13)6-9/h3-7,10H,1-2H3,(H2,14,17)(H,15,16). The highest BCUT2D eigenvalue weighted by Gasteiger charge is 2.24. The van der Waals surface area contributed by atoms with Gasteiger partial charge in [0.2, 0.25) is 5.91 Å². The highest BCUT2D eigenvalue weighted by atomic mass is 35.5. The van der Waals surface area contributed by atoms with Gasteiger partial charge >= 0.3 is 0 Å². The van der Waals surface area contributed by atoms with Gasteiger partial charge in [-0.05, 0) is 24.1 Å². The van der Waals surface area contributed by atoms with E-state index < -0.39 is 5.92 Å². The first-order valence-corrected chi connectivity index (χ1v) is 6.06. The minimum absolute atomic E-state index is 0.0617. The van der Waals surface area contributed by atoms with Crippen molar-refractivity contribution in [3.8, 4) is 0 Å². The molecular weight excluding hydrogens is 256 g/mol. The molecule has 0 aliphatic heterocycles. The van der Waals surface area contributed by atoms with Crippen LogP contribution < -0.4 is 11.1 Å². The van der Waals surface area contributed by atoms with Crippen molar-refractivity contribution < 1.29 is 4.79 Å². The number of amides is 1. The smallest absolute Gasteiger partial charge is 0.234 e. The zero-order valence-corrected chi connectivity index (χ0v) is 11.3. The SMILES string of the molecule is CC(C)C(C(=O)Nc1cccc(Cl)c1)C(N)=S. The molecule has 1 unspecified atom stereocenters. The molecule has 0 spiro atoms. The van der Waals surface area contributed by atoms with E-state index in [-0.39, 0.29) is 16.8 Å². The molecule has 0 aliphatic rings. The number of carbonyl (C=O) groups is 1. The van der Waals surface area contributed by atoms with Crippen LogP contribution in [-0.4, -0.2) is 10.9 Å². The molecule has 0 fully saturated rings. The van der Waals surface area contributed by atoms with Crippen LogP contribution in [0.3, 0.4) is 0 Å². The third kappa shape index (κ3) is 3.98. The van der Waals surface area contributed by atoms with Gasteiger partial charge in [0, 0.05) is 10.7 Å². The zero-order chi connectivity index (χ0) is 13.0. The zero-order valence-electron chi connectivity index (χ0n) is 9.74. The van der Waals surface area contributed by atoms with Crippen LogP contribution in [0, 0.1) is 11.8 Å². The Balaban J connectivity index is 2.81. The second-order valence-corrected chi connectivity index (χ2v) is 5.03. The number of hydrogen-bond acceptors (Lipinski definition) is 2. The molecule has 1 atom stereocenters. The lowest BCUT2D eigenvalue weighted by Gasteiger charge is -2.18. The number of rotatable bonds is 4. The summed E-state index contributed by atoms with van der Waals surface area (Å²) in [7, 11) is 0. The highest BCUT2D eigenvalue weighted by Crippen LogP contribution is 2.18. The Morgan fingerprint density at radius 3 is 2.59 bits per heavy atom. The van der Waals surface area contributed by atoms with E-state index in [4.69, 9.17) is 29.6 Å². The van der Waals surface area contributed by atoms with E-state index in [2.05, 4.69) is 5.32 Å². The van der Waals surface area contributed by atoms with E-state index in [9.17, 15) is 4.79 Å². The molecule has 0 saturated heterocycles. The normalized spacial score (nSPS) is 12.2. The Morgan fingerprint density at radius 1 is 1.47 bits per heavy atom. The minimum atomic E-state index is -0.469. The van der Waals surface area contributed by atoms with Gasteiger partial charge in [-0.3, -0.25) is 4.79 Å². The van der Waals surface area contributed by atoms with Gasteiger partial charge in [0.05, 0.1) is 10.9 Å². The summed E-state index contributed by atoms with van der Waals surface area (Å²) >= 11 is 10.7. The molecule has 0 saturated carbocycles. The fraction of sp³-hybridized carbons (Fsp3) is 0.333. The molecule has 3 N–H and O–H groups in total. The van der Waals surface area contributed by atoms with Crippen LogP contribution in [0.15, 0.2) is 24.3 Å². The van der Waals surface area contributed by atoms with E-state index >= 15 is 0 Å². The van der Waals surface area contributed by atoms with Gasteiger partial charge in [-0.15, -0.1) is 0 Å². The first kappa shape index (κ1) is 13.9. The second-order valence-electron chi connectivity index (χ2n) is 4.12. The Hall–Kier alpha value is -1.13. The van der Waals surface area contributed by atoms with Gasteiger partial charge in [0.15, 0.2) is 0 Å². The fourth-order valence-electron chi connectivity index (χ4n) is 1.55. The van der Waals surface area contributed by atoms with Crippen LogP contribution in [0.25, 0.3) is 0 Å². The van der Waals surface area contributed by atoms with Crippen LogP contribution in [0.2, 0.25) is 5.02 Å². The molecule has 1 rings (SSSR count). The lowest BCUT2D eigenvalue weighted by molar-refractivity contribution is -0.118. The van der Waals surface area contributed by atoms with Crippen molar-refractivity contribution >= 4 is 40.4 Å². The average Bonchev–Trinajstić information content (AvgIpc) is 2.15. The van der Waals surface area contributed by atoms with Crippen molar-refractivity contribution in [1.82, 2.24) is 0 Å². The fourth-order valence-corrected chi connectivity index (χ4v) is 2.12. The summed E-state index contributed by atoms with van der Waals surface area (Å²) in [6, 6.07) is 6.95. The first-order chi connectivity index (χ1) is 7.91. The molecule has 92 valence electrons. The van der Waals surface area contributed by atoms with Gasteiger partial charge in [0.25, 0.3) is 0 Å². The Morgan fingerprint density at radius 2 is 2.12 bits per heavy atom. The Kier molecular flexibility index (Phi) is 4.90. The van der Waals surface area contributed by atoms with Gasteiger partial charge in [-0.1, -0.05) is 43.7 Å². The molecule has 0 bridgehead atoms. The number of nitrogens with two attached hydrogens (primary N) is 1. The first-order valence-electron chi connectivity index (χ1n) is 5.27. The predicted molar refractivity (Wildman–Crippen MR) is 75.2 cm³/mol. The summed E-state index contributed by atoms with van der Waals surface area (Å²) in [5.41, 5.74) is 6.21. The molecule has 0 radical (unpaired) electrons. The van der Waals surface area contributed by atoms with Gasteiger partial charge in [-0.25, -0.2) is 0 Å². The van der Waals surface area contributed by atoms with Crippen molar-refractivity contribution in [2.45, 2.75) is 13.8 Å². The van der Waals surface area contributed by atoms with Crippen molar-refractivity contribution in [1.29, 1.82) is 0 Å². The van der Waals surface area contributed by atoms with Gasteiger partial charge in [-0.2, -0.15) is 0 Å². The second kappa shape index (κ2) is 5.98. The van der Waals surface area contributed by atoms with Crippen LogP contribution in [-0.2, 0) is 4.79 Å². The largest absolute Gasteiger partial charge is 0.393 e. The molecule has 1 aromatic rings. The van der Waals surface area contributed by atoms with Gasteiger partial charge < -0.3 is 11.1 Å². The van der Waals surface area contributed by atoms with E-state index in [1.807, 2.05) is 13.8 Å². The summed E-state index contributed by atoms with van der Waals surface area (Å²) in [5.74, 6) is -0.606. The van der Waals surface area contributed by atoms with Crippen molar-refractivity contribution in [3.63, 3.8) is 0 Å². The van der Waals surface area contributed by atoms with Crippen molar-refractivity contribution in [3.05, 3.63) is 29.3 Å². The summed E-state index contributed by atoms with van der Waals surface area (Å²) in [6.45, 7) is 3.81. The maximum absolute atomic E-state index is 12.0. The number of benzene rings is 1. The van der Waals surface area contributed by atoms with Crippen molar-refractivity contribution in [2.75, 3.05) is 5.32 Å². The maximum Gasteiger partial charge on any atom is 0.234 e. The molecule has 1 amide bonds. The third-order valence-electron chi connectivity index (χ3n) is 2.35. The molecular formula is C12H15ClN2OS. The summed E-state index contributed by atoms with van der Waals surface area (Å²) in [5, 5.41) is 3.32. The number of anilines is 1. The molecule has 3 nitrogen and oxygen atoms in total. The molecule has 1 aromatic carbocycles. The lowest BCUT2D eigenvalue weighted by Crippen LogP contribution is -2.36. The van der Waals surface area contributed by atoms with E-state index in [0.717, 1.165) is 0 Å². The number of halogens is 1. The van der Waals surface area contributed by atoms with Gasteiger partial charge in [0.1, 0.15) is 0 Å². The minimum Gasteiger partial charge on any atom is -0.393 e. The van der Waals surface area contributed by atoms with Crippen LogP contribution in [0.4, 0.5) is 5.69 Å². The highest BCUT2D eigenvalue weighted by molar-refractivity contribution is 7.80.